The van der Waals surface area contributed by atoms with E-state index < -0.39 is 0 Å². The first-order chi connectivity index (χ1) is 11.0. The Morgan fingerprint density at radius 2 is 1.96 bits per heavy atom. The number of aryl methyl sites for hydroxylation is 2. The van der Waals surface area contributed by atoms with Crippen LogP contribution in [0, 0.1) is 19.8 Å². The SMILES string of the molecule is Cc1ncc(C(=O)N2CC[C@@H](C(=O)NC3CCCC3)C2)c(C)n1. The Morgan fingerprint density at radius 3 is 2.65 bits per heavy atom. The van der Waals surface area contributed by atoms with Crippen LogP contribution in [0.1, 0.15) is 54.0 Å². The van der Waals surface area contributed by atoms with Gasteiger partial charge in [0, 0.05) is 25.3 Å². The molecule has 124 valence electrons. The number of carbonyl (C=O) groups is 2. The van der Waals surface area contributed by atoms with Gasteiger partial charge < -0.3 is 10.2 Å². The van der Waals surface area contributed by atoms with Crippen molar-refractivity contribution in [2.24, 2.45) is 5.92 Å². The summed E-state index contributed by atoms with van der Waals surface area (Å²) in [5.74, 6) is 0.600. The second kappa shape index (κ2) is 6.64. The Bertz CT molecular complexity index is 611. The normalized spacial score (nSPS) is 21.7. The number of nitrogens with one attached hydrogen (secondary N) is 1. The summed E-state index contributed by atoms with van der Waals surface area (Å²) < 4.78 is 0. The van der Waals surface area contributed by atoms with Crippen LogP contribution in [-0.2, 0) is 4.79 Å². The summed E-state index contributed by atoms with van der Waals surface area (Å²) in [6, 6.07) is 0.333. The maximum atomic E-state index is 12.6. The van der Waals surface area contributed by atoms with Crippen molar-refractivity contribution in [3.8, 4) is 0 Å². The number of likely N-dealkylation sites (tertiary alicyclic amines) is 1. The van der Waals surface area contributed by atoms with Crippen LogP contribution in [0.3, 0.4) is 0 Å². The minimum absolute atomic E-state index is 0.0707. The summed E-state index contributed by atoms with van der Waals surface area (Å²) in [6.07, 6.45) is 6.89. The molecule has 0 unspecified atom stereocenters. The highest BCUT2D eigenvalue weighted by Gasteiger charge is 2.33. The summed E-state index contributed by atoms with van der Waals surface area (Å²) in [7, 11) is 0. The van der Waals surface area contributed by atoms with Gasteiger partial charge in [-0.2, -0.15) is 0 Å². The molecule has 23 heavy (non-hydrogen) atoms. The molecular formula is C17H24N4O2. The Hall–Kier alpha value is -1.98. The molecule has 2 amide bonds. The third-order valence-corrected chi connectivity index (χ3v) is 4.88. The van der Waals surface area contributed by atoms with E-state index in [-0.39, 0.29) is 17.7 Å². The number of hydrogen-bond acceptors (Lipinski definition) is 4. The second-order valence-corrected chi connectivity index (χ2v) is 6.64. The smallest absolute Gasteiger partial charge is 0.257 e. The quantitative estimate of drug-likeness (QED) is 0.919. The van der Waals surface area contributed by atoms with Crippen molar-refractivity contribution < 1.29 is 9.59 Å². The summed E-state index contributed by atoms with van der Waals surface area (Å²) in [5, 5.41) is 3.14. The number of hydrogen-bond donors (Lipinski definition) is 1. The highest BCUT2D eigenvalue weighted by atomic mass is 16.2. The van der Waals surface area contributed by atoms with Crippen LogP contribution in [0.5, 0.6) is 0 Å². The average molecular weight is 316 g/mol. The minimum atomic E-state index is -0.0915. The fraction of sp³-hybridized carbons (Fsp3) is 0.647. The average Bonchev–Trinajstić information content (AvgIpc) is 3.17. The van der Waals surface area contributed by atoms with Gasteiger partial charge in [0.15, 0.2) is 0 Å². The number of amides is 2. The van der Waals surface area contributed by atoms with Gasteiger partial charge in [0.05, 0.1) is 17.2 Å². The maximum Gasteiger partial charge on any atom is 0.257 e. The van der Waals surface area contributed by atoms with Gasteiger partial charge in [-0.25, -0.2) is 9.97 Å². The fourth-order valence-corrected chi connectivity index (χ4v) is 3.51. The molecule has 0 radical (unpaired) electrons. The Morgan fingerprint density at radius 1 is 1.22 bits per heavy atom. The van der Waals surface area contributed by atoms with Crippen LogP contribution in [0.25, 0.3) is 0 Å². The van der Waals surface area contributed by atoms with Gasteiger partial charge in [-0.3, -0.25) is 9.59 Å². The summed E-state index contributed by atoms with van der Waals surface area (Å²) >= 11 is 0. The minimum Gasteiger partial charge on any atom is -0.353 e. The lowest BCUT2D eigenvalue weighted by Gasteiger charge is -2.18. The second-order valence-electron chi connectivity index (χ2n) is 6.64. The van der Waals surface area contributed by atoms with Crippen LogP contribution in [0.15, 0.2) is 6.20 Å². The van der Waals surface area contributed by atoms with Crippen LogP contribution >= 0.6 is 0 Å². The van der Waals surface area contributed by atoms with E-state index in [2.05, 4.69) is 15.3 Å². The lowest BCUT2D eigenvalue weighted by molar-refractivity contribution is -0.125. The molecule has 3 rings (SSSR count). The molecule has 1 atom stereocenters. The molecule has 1 saturated carbocycles. The van der Waals surface area contributed by atoms with E-state index in [9.17, 15) is 9.59 Å². The zero-order valence-electron chi connectivity index (χ0n) is 13.8. The molecule has 1 saturated heterocycles. The summed E-state index contributed by atoms with van der Waals surface area (Å²) in [4.78, 5) is 35.1. The molecule has 1 aromatic heterocycles. The summed E-state index contributed by atoms with van der Waals surface area (Å²) in [6.45, 7) is 4.74. The van der Waals surface area contributed by atoms with E-state index in [0.29, 0.717) is 36.2 Å². The third-order valence-electron chi connectivity index (χ3n) is 4.88. The number of aromatic nitrogens is 2. The molecule has 1 aromatic rings. The first kappa shape index (κ1) is 15.9. The Balaban J connectivity index is 1.60. The van der Waals surface area contributed by atoms with Crippen LogP contribution < -0.4 is 5.32 Å². The molecule has 0 aromatic carbocycles. The van der Waals surface area contributed by atoms with Crippen LogP contribution in [-0.4, -0.2) is 45.8 Å². The van der Waals surface area contributed by atoms with E-state index in [1.165, 1.54) is 12.8 Å². The van der Waals surface area contributed by atoms with Crippen molar-refractivity contribution in [3.05, 3.63) is 23.3 Å². The number of rotatable bonds is 3. The van der Waals surface area contributed by atoms with Gasteiger partial charge in [-0.1, -0.05) is 12.8 Å². The molecule has 1 aliphatic carbocycles. The molecule has 2 aliphatic rings. The fourth-order valence-electron chi connectivity index (χ4n) is 3.51. The Kier molecular flexibility index (Phi) is 4.59. The van der Waals surface area contributed by atoms with Crippen molar-refractivity contribution in [1.82, 2.24) is 20.2 Å². The van der Waals surface area contributed by atoms with Crippen molar-refractivity contribution in [1.29, 1.82) is 0 Å². The lowest BCUT2D eigenvalue weighted by Crippen LogP contribution is -2.39. The zero-order chi connectivity index (χ0) is 16.4. The van der Waals surface area contributed by atoms with Crippen molar-refractivity contribution in [2.45, 2.75) is 52.0 Å². The van der Waals surface area contributed by atoms with Crippen molar-refractivity contribution >= 4 is 11.8 Å². The standard InChI is InChI=1S/C17H24N4O2/c1-11-15(9-18-12(2)19-11)17(23)21-8-7-13(10-21)16(22)20-14-5-3-4-6-14/h9,13-14H,3-8,10H2,1-2H3,(H,20,22)/t13-/m1/s1. The monoisotopic (exact) mass is 316 g/mol. The van der Waals surface area contributed by atoms with Gasteiger partial charge in [-0.05, 0) is 33.1 Å². The predicted octanol–water partition coefficient (Wildman–Crippen LogP) is 1.61. The van der Waals surface area contributed by atoms with Gasteiger partial charge in [-0.15, -0.1) is 0 Å². The highest BCUT2D eigenvalue weighted by molar-refractivity contribution is 5.95. The van der Waals surface area contributed by atoms with Crippen molar-refractivity contribution in [2.75, 3.05) is 13.1 Å². The van der Waals surface area contributed by atoms with E-state index in [1.807, 2.05) is 6.92 Å². The summed E-state index contributed by atoms with van der Waals surface area (Å²) in [5.41, 5.74) is 1.23. The third kappa shape index (κ3) is 3.51. The van der Waals surface area contributed by atoms with E-state index in [4.69, 9.17) is 0 Å². The lowest BCUT2D eigenvalue weighted by atomic mass is 10.1. The zero-order valence-corrected chi connectivity index (χ0v) is 13.8. The Labute approximate surface area is 136 Å². The molecule has 0 spiro atoms. The topological polar surface area (TPSA) is 75.2 Å². The van der Waals surface area contributed by atoms with E-state index in [0.717, 1.165) is 19.3 Å². The van der Waals surface area contributed by atoms with Crippen molar-refractivity contribution in [3.63, 3.8) is 0 Å². The first-order valence-corrected chi connectivity index (χ1v) is 8.44. The number of carbonyl (C=O) groups excluding carboxylic acids is 2. The molecule has 6 nitrogen and oxygen atoms in total. The largest absolute Gasteiger partial charge is 0.353 e. The first-order valence-electron chi connectivity index (χ1n) is 8.44. The molecule has 6 heteroatoms. The van der Waals surface area contributed by atoms with Crippen LogP contribution in [0.2, 0.25) is 0 Å². The van der Waals surface area contributed by atoms with Gasteiger partial charge in [0.25, 0.3) is 5.91 Å². The molecule has 2 heterocycles. The van der Waals surface area contributed by atoms with Gasteiger partial charge in [0.1, 0.15) is 5.82 Å². The molecule has 2 fully saturated rings. The molecule has 1 aliphatic heterocycles. The maximum absolute atomic E-state index is 12.6. The highest BCUT2D eigenvalue weighted by Crippen LogP contribution is 2.22. The molecule has 1 N–H and O–H groups in total. The van der Waals surface area contributed by atoms with Gasteiger partial charge in [0.2, 0.25) is 5.91 Å². The number of nitrogens with zero attached hydrogens (tertiary/aromatic N) is 3. The predicted molar refractivity (Wildman–Crippen MR) is 85.9 cm³/mol. The van der Waals surface area contributed by atoms with Crippen LogP contribution in [0.4, 0.5) is 0 Å². The van der Waals surface area contributed by atoms with E-state index in [1.54, 1.807) is 18.0 Å². The van der Waals surface area contributed by atoms with Gasteiger partial charge >= 0.3 is 0 Å². The molecular weight excluding hydrogens is 292 g/mol. The van der Waals surface area contributed by atoms with E-state index >= 15 is 0 Å². The molecule has 0 bridgehead atoms.